The standard InChI is InChI=1S/C6H12N3Se2/c1-8(2)5-7-6(9(3)4)11-10-5/h1-4H3/q+1. The van der Waals surface area contributed by atoms with Crippen molar-refractivity contribution >= 4 is 30.0 Å². The topological polar surface area (TPSA) is 19.1 Å². The molecule has 0 saturated heterocycles. The van der Waals surface area contributed by atoms with E-state index in [0.717, 1.165) is 0 Å². The molecule has 1 aromatic rings. The quantitative estimate of drug-likeness (QED) is 0.452. The van der Waals surface area contributed by atoms with Gasteiger partial charge in [-0.3, -0.25) is 0 Å². The second kappa shape index (κ2) is 3.72. The van der Waals surface area contributed by atoms with Crippen molar-refractivity contribution in [3.05, 3.63) is 4.36 Å². The molecule has 0 aliphatic rings. The van der Waals surface area contributed by atoms with Gasteiger partial charge in [0.15, 0.2) is 0 Å². The van der Waals surface area contributed by atoms with Crippen LogP contribution in [0.2, 0.25) is 0 Å². The van der Waals surface area contributed by atoms with E-state index in [4.69, 9.17) is 0 Å². The van der Waals surface area contributed by atoms with Crippen LogP contribution in [0, 0.1) is 0 Å². The Kier molecular flexibility index (Phi) is 3.14. The molecule has 0 amide bonds. The summed E-state index contributed by atoms with van der Waals surface area (Å²) in [6.45, 7) is 0. The predicted octanol–water partition coefficient (Wildman–Crippen LogP) is -1.71. The molecule has 0 saturated carbocycles. The first-order valence-corrected chi connectivity index (χ1v) is 9.30. The first-order valence-electron chi connectivity index (χ1n) is 3.26. The SMILES string of the molecule is CN(C)c1nc(=[N+](C)C)[se][se]1. The molecule has 0 N–H and O–H groups in total. The molecule has 0 fully saturated rings. The third-order valence-electron chi connectivity index (χ3n) is 1.15. The van der Waals surface area contributed by atoms with Crippen LogP contribution in [0.25, 0.3) is 0 Å². The van der Waals surface area contributed by atoms with Crippen LogP contribution in [0.4, 0.5) is 4.69 Å². The molecule has 0 aliphatic carbocycles. The second-order valence-electron chi connectivity index (χ2n) is 2.63. The minimum atomic E-state index is 0.621. The fourth-order valence-corrected chi connectivity index (χ4v) is 7.98. The zero-order valence-electron chi connectivity index (χ0n) is 7.16. The van der Waals surface area contributed by atoms with Crippen LogP contribution in [0.5, 0.6) is 0 Å². The first-order chi connectivity index (χ1) is 5.11. The Morgan fingerprint density at radius 2 is 1.91 bits per heavy atom. The number of nitrogens with zero attached hydrogens (tertiary/aromatic N) is 3. The van der Waals surface area contributed by atoms with Crippen molar-refractivity contribution in [2.75, 3.05) is 33.1 Å². The van der Waals surface area contributed by atoms with Gasteiger partial charge >= 0.3 is 77.0 Å². The Balaban J connectivity index is 3.10. The van der Waals surface area contributed by atoms with Gasteiger partial charge < -0.3 is 0 Å². The van der Waals surface area contributed by atoms with Crippen LogP contribution in [-0.2, 0) is 0 Å². The van der Waals surface area contributed by atoms with E-state index < -0.39 is 0 Å². The summed E-state index contributed by atoms with van der Waals surface area (Å²) in [7, 11) is 8.26. The predicted molar refractivity (Wildman–Crippen MR) is 49.6 cm³/mol. The number of hydrogen-bond donors (Lipinski definition) is 0. The summed E-state index contributed by atoms with van der Waals surface area (Å²) in [6.07, 6.45) is 0. The van der Waals surface area contributed by atoms with E-state index in [0.29, 0.717) is 25.3 Å². The molecule has 0 atom stereocenters. The summed E-state index contributed by atoms with van der Waals surface area (Å²) >= 11 is 1.24. The van der Waals surface area contributed by atoms with Crippen LogP contribution in [0.15, 0.2) is 0 Å². The maximum absolute atomic E-state index is 4.53. The van der Waals surface area contributed by atoms with Gasteiger partial charge in [-0.15, -0.1) is 0 Å². The van der Waals surface area contributed by atoms with Gasteiger partial charge in [-0.25, -0.2) is 0 Å². The number of rotatable bonds is 1. The van der Waals surface area contributed by atoms with Crippen molar-refractivity contribution in [2.45, 2.75) is 0 Å². The van der Waals surface area contributed by atoms with Gasteiger partial charge in [0, 0.05) is 0 Å². The van der Waals surface area contributed by atoms with Crippen LogP contribution >= 0.6 is 0 Å². The van der Waals surface area contributed by atoms with Gasteiger partial charge in [0.1, 0.15) is 0 Å². The summed E-state index contributed by atoms with van der Waals surface area (Å²) in [5.41, 5.74) is 0. The number of hydrogen-bond acceptors (Lipinski definition) is 2. The zero-order chi connectivity index (χ0) is 8.43. The van der Waals surface area contributed by atoms with E-state index in [9.17, 15) is 0 Å². The van der Waals surface area contributed by atoms with E-state index in [1.807, 2.05) is 0 Å². The summed E-state index contributed by atoms with van der Waals surface area (Å²) in [5, 5.41) is 0. The molecule has 0 aliphatic heterocycles. The molecule has 1 aromatic heterocycles. The summed E-state index contributed by atoms with van der Waals surface area (Å²) in [5.74, 6) is 0. The second-order valence-corrected chi connectivity index (χ2v) is 8.50. The fourth-order valence-electron chi connectivity index (χ4n) is 0.543. The summed E-state index contributed by atoms with van der Waals surface area (Å²) in [4.78, 5) is 6.65. The van der Waals surface area contributed by atoms with Crippen LogP contribution in [-0.4, -0.2) is 58.4 Å². The van der Waals surface area contributed by atoms with Crippen molar-refractivity contribution in [3.63, 3.8) is 0 Å². The van der Waals surface area contributed by atoms with Crippen LogP contribution in [0.3, 0.4) is 0 Å². The van der Waals surface area contributed by atoms with Gasteiger partial charge in [-0.2, -0.15) is 0 Å². The Bertz CT molecular complexity index is 293. The average Bonchev–Trinajstić information content (AvgIpc) is 2.33. The maximum atomic E-state index is 4.53. The zero-order valence-corrected chi connectivity index (χ0v) is 10.6. The molecule has 62 valence electrons. The molecular weight excluding hydrogens is 272 g/mol. The van der Waals surface area contributed by atoms with Crippen molar-refractivity contribution < 1.29 is 0 Å². The minimum absolute atomic E-state index is 0.621. The van der Waals surface area contributed by atoms with Gasteiger partial charge in [-0.05, 0) is 0 Å². The first kappa shape index (κ1) is 9.27. The molecule has 0 spiro atoms. The van der Waals surface area contributed by atoms with Crippen molar-refractivity contribution in [2.24, 2.45) is 0 Å². The third kappa shape index (κ3) is 2.31. The molecule has 5 heteroatoms. The van der Waals surface area contributed by atoms with E-state index in [1.54, 1.807) is 0 Å². The summed E-state index contributed by atoms with van der Waals surface area (Å²) in [6, 6.07) is 0. The molecule has 0 radical (unpaired) electrons. The van der Waals surface area contributed by atoms with Crippen molar-refractivity contribution in [1.29, 1.82) is 0 Å². The van der Waals surface area contributed by atoms with Gasteiger partial charge in [0.25, 0.3) is 0 Å². The Morgan fingerprint density at radius 3 is 2.18 bits per heavy atom. The Morgan fingerprint density at radius 1 is 1.27 bits per heavy atom. The van der Waals surface area contributed by atoms with Gasteiger partial charge in [-0.1, -0.05) is 0 Å². The van der Waals surface area contributed by atoms with E-state index in [2.05, 4.69) is 42.7 Å². The van der Waals surface area contributed by atoms with E-state index >= 15 is 0 Å². The fraction of sp³-hybridized carbons (Fsp3) is 0.667. The van der Waals surface area contributed by atoms with Crippen molar-refractivity contribution in [3.8, 4) is 0 Å². The average molecular weight is 284 g/mol. The molecule has 0 aromatic carbocycles. The molecular formula is C6H12N3Se2+. The molecule has 0 bridgehead atoms. The number of aromatic nitrogens is 1. The molecule has 1 rings (SSSR count). The van der Waals surface area contributed by atoms with Gasteiger partial charge in [0.2, 0.25) is 0 Å². The molecule has 0 unspecified atom stereocenters. The molecule has 1 heterocycles. The summed E-state index contributed by atoms with van der Waals surface area (Å²) < 4.78 is 4.68. The monoisotopic (exact) mass is 286 g/mol. The Labute approximate surface area is 77.0 Å². The molecule has 11 heavy (non-hydrogen) atoms. The third-order valence-corrected chi connectivity index (χ3v) is 8.02. The van der Waals surface area contributed by atoms with Gasteiger partial charge in [0.05, 0.1) is 0 Å². The van der Waals surface area contributed by atoms with E-state index in [-0.39, 0.29) is 0 Å². The van der Waals surface area contributed by atoms with E-state index in [1.165, 1.54) is 9.05 Å². The van der Waals surface area contributed by atoms with Crippen LogP contribution in [0.1, 0.15) is 0 Å². The van der Waals surface area contributed by atoms with Crippen molar-refractivity contribution in [1.82, 2.24) is 9.56 Å². The van der Waals surface area contributed by atoms with Crippen LogP contribution < -0.4 is 13.8 Å². The number of anilines is 1. The Hall–Kier alpha value is 0.179. The molecule has 3 nitrogen and oxygen atoms in total. The normalized spacial score (nSPS) is 9.82.